The maximum atomic E-state index is 12.5. The van der Waals surface area contributed by atoms with E-state index in [-0.39, 0.29) is 35.4 Å². The highest BCUT2D eigenvalue weighted by Crippen LogP contribution is 2.34. The second kappa shape index (κ2) is 7.71. The molecule has 9 heteroatoms. The van der Waals surface area contributed by atoms with Gasteiger partial charge in [-0.25, -0.2) is 13.1 Å². The van der Waals surface area contributed by atoms with Crippen LogP contribution in [-0.2, 0) is 10.0 Å². The van der Waals surface area contributed by atoms with Gasteiger partial charge in [0.1, 0.15) is 10.6 Å². The van der Waals surface area contributed by atoms with Gasteiger partial charge in [-0.15, -0.1) is 0 Å². The average molecular weight is 400 g/mol. The van der Waals surface area contributed by atoms with Crippen molar-refractivity contribution in [1.29, 1.82) is 0 Å². The monoisotopic (exact) mass is 399 g/mol. The van der Waals surface area contributed by atoms with E-state index < -0.39 is 16.1 Å². The summed E-state index contributed by atoms with van der Waals surface area (Å²) >= 11 is 5.88. The van der Waals surface area contributed by atoms with E-state index in [1.54, 1.807) is 24.3 Å². The minimum absolute atomic E-state index is 0.0353. The van der Waals surface area contributed by atoms with E-state index in [4.69, 9.17) is 25.8 Å². The SMILES string of the molecule is COc1ccc(Cl)cc1S(=O)(=O)NCC[C@@H](O)c1ccc2c(c1)OCO2. The lowest BCUT2D eigenvalue weighted by Crippen LogP contribution is -2.26. The van der Waals surface area contributed by atoms with Crippen LogP contribution in [0, 0.1) is 0 Å². The van der Waals surface area contributed by atoms with Crippen molar-refractivity contribution < 1.29 is 27.7 Å². The maximum Gasteiger partial charge on any atom is 0.244 e. The molecule has 1 atom stereocenters. The first-order chi connectivity index (χ1) is 12.4. The summed E-state index contributed by atoms with van der Waals surface area (Å²) in [5.74, 6) is 1.37. The molecule has 1 heterocycles. The van der Waals surface area contributed by atoms with Gasteiger partial charge < -0.3 is 19.3 Å². The Balaban J connectivity index is 1.64. The Morgan fingerprint density at radius 3 is 2.77 bits per heavy atom. The Morgan fingerprint density at radius 2 is 2.00 bits per heavy atom. The van der Waals surface area contributed by atoms with Crippen LogP contribution in [0.3, 0.4) is 0 Å². The van der Waals surface area contributed by atoms with Crippen molar-refractivity contribution in [2.24, 2.45) is 0 Å². The standard InChI is InChI=1S/C17H18ClNO6S/c1-23-15-5-3-12(18)9-17(15)26(21,22)19-7-6-13(20)11-2-4-14-16(8-11)25-10-24-14/h2-5,8-9,13,19-20H,6-7,10H2,1H3/t13-/m1/s1. The summed E-state index contributed by atoms with van der Waals surface area (Å²) in [6, 6.07) is 9.45. The number of benzene rings is 2. The lowest BCUT2D eigenvalue weighted by Gasteiger charge is -2.14. The van der Waals surface area contributed by atoms with E-state index in [1.165, 1.54) is 19.2 Å². The average Bonchev–Trinajstić information content (AvgIpc) is 3.09. The lowest BCUT2D eigenvalue weighted by atomic mass is 10.1. The number of ether oxygens (including phenoxy) is 3. The Labute approximate surface area is 156 Å². The Bertz CT molecular complexity index is 902. The number of rotatable bonds is 7. The van der Waals surface area contributed by atoms with Gasteiger partial charge in [-0.1, -0.05) is 17.7 Å². The molecule has 0 saturated heterocycles. The molecule has 140 valence electrons. The molecule has 0 bridgehead atoms. The number of fused-ring (bicyclic) bond motifs is 1. The fraction of sp³-hybridized carbons (Fsp3) is 0.294. The number of hydrogen-bond acceptors (Lipinski definition) is 6. The van der Waals surface area contributed by atoms with Crippen molar-refractivity contribution in [1.82, 2.24) is 4.72 Å². The van der Waals surface area contributed by atoms with Gasteiger partial charge in [0, 0.05) is 11.6 Å². The van der Waals surface area contributed by atoms with Crippen LogP contribution in [0.1, 0.15) is 18.1 Å². The van der Waals surface area contributed by atoms with Gasteiger partial charge in [0.15, 0.2) is 11.5 Å². The Morgan fingerprint density at radius 1 is 1.23 bits per heavy atom. The summed E-state index contributed by atoms with van der Waals surface area (Å²) in [6.45, 7) is 0.184. The van der Waals surface area contributed by atoms with Crippen molar-refractivity contribution in [3.05, 3.63) is 47.0 Å². The van der Waals surface area contributed by atoms with Crippen LogP contribution >= 0.6 is 11.6 Å². The van der Waals surface area contributed by atoms with Crippen LogP contribution < -0.4 is 18.9 Å². The van der Waals surface area contributed by atoms with Crippen molar-refractivity contribution in [2.45, 2.75) is 17.4 Å². The topological polar surface area (TPSA) is 94.1 Å². The molecule has 0 unspecified atom stereocenters. The van der Waals surface area contributed by atoms with Gasteiger partial charge in [0.05, 0.1) is 13.2 Å². The molecule has 1 aliphatic heterocycles. The minimum Gasteiger partial charge on any atom is -0.495 e. The molecule has 0 fully saturated rings. The zero-order valence-electron chi connectivity index (χ0n) is 13.9. The van der Waals surface area contributed by atoms with Gasteiger partial charge in [-0.2, -0.15) is 0 Å². The van der Waals surface area contributed by atoms with Crippen LogP contribution in [0.15, 0.2) is 41.3 Å². The summed E-state index contributed by atoms with van der Waals surface area (Å²) in [4.78, 5) is -0.0509. The predicted octanol–water partition coefficient (Wildman–Crippen LogP) is 2.48. The zero-order chi connectivity index (χ0) is 18.7. The third-order valence-corrected chi connectivity index (χ3v) is 5.62. The highest BCUT2D eigenvalue weighted by atomic mass is 35.5. The zero-order valence-corrected chi connectivity index (χ0v) is 15.5. The van der Waals surface area contributed by atoms with Crippen molar-refractivity contribution >= 4 is 21.6 Å². The molecular formula is C17H18ClNO6S. The molecule has 0 radical (unpaired) electrons. The first-order valence-corrected chi connectivity index (χ1v) is 9.67. The highest BCUT2D eigenvalue weighted by molar-refractivity contribution is 7.89. The van der Waals surface area contributed by atoms with Crippen molar-refractivity contribution in [2.75, 3.05) is 20.4 Å². The molecule has 1 aliphatic rings. The van der Waals surface area contributed by atoms with Gasteiger partial charge in [-0.05, 0) is 42.3 Å². The Kier molecular flexibility index (Phi) is 5.57. The first kappa shape index (κ1) is 18.8. The molecule has 26 heavy (non-hydrogen) atoms. The lowest BCUT2D eigenvalue weighted by molar-refractivity contribution is 0.166. The molecule has 2 aromatic rings. The number of halogens is 1. The van der Waals surface area contributed by atoms with Crippen molar-refractivity contribution in [3.8, 4) is 17.2 Å². The number of nitrogens with one attached hydrogen (secondary N) is 1. The smallest absolute Gasteiger partial charge is 0.244 e. The summed E-state index contributed by atoms with van der Waals surface area (Å²) in [7, 11) is -2.45. The molecule has 3 rings (SSSR count). The summed E-state index contributed by atoms with van der Waals surface area (Å²) in [5.41, 5.74) is 0.619. The number of sulfonamides is 1. The highest BCUT2D eigenvalue weighted by Gasteiger charge is 2.21. The normalized spacial score (nSPS) is 14.3. The molecule has 0 spiro atoms. The molecule has 0 amide bonds. The number of hydrogen-bond donors (Lipinski definition) is 2. The van der Waals surface area contributed by atoms with Crippen LogP contribution in [0.25, 0.3) is 0 Å². The van der Waals surface area contributed by atoms with Crippen LogP contribution in [0.5, 0.6) is 17.2 Å². The van der Waals surface area contributed by atoms with Crippen LogP contribution in [0.4, 0.5) is 0 Å². The second-order valence-corrected chi connectivity index (χ2v) is 7.78. The third kappa shape index (κ3) is 4.04. The number of aliphatic hydroxyl groups excluding tert-OH is 1. The van der Waals surface area contributed by atoms with Crippen LogP contribution in [-0.4, -0.2) is 34.0 Å². The van der Waals surface area contributed by atoms with Gasteiger partial charge in [-0.3, -0.25) is 0 Å². The summed E-state index contributed by atoms with van der Waals surface area (Å²) < 4.78 is 42.9. The molecular weight excluding hydrogens is 382 g/mol. The number of aliphatic hydroxyl groups is 1. The fourth-order valence-electron chi connectivity index (χ4n) is 2.56. The first-order valence-electron chi connectivity index (χ1n) is 7.81. The predicted molar refractivity (Wildman–Crippen MR) is 95.3 cm³/mol. The van der Waals surface area contributed by atoms with E-state index >= 15 is 0 Å². The Hall–Kier alpha value is -2.00. The fourth-order valence-corrected chi connectivity index (χ4v) is 4.03. The molecule has 0 aliphatic carbocycles. The van der Waals surface area contributed by atoms with E-state index in [2.05, 4.69) is 4.72 Å². The van der Waals surface area contributed by atoms with Gasteiger partial charge >= 0.3 is 0 Å². The van der Waals surface area contributed by atoms with E-state index in [9.17, 15) is 13.5 Å². The maximum absolute atomic E-state index is 12.5. The molecule has 7 nitrogen and oxygen atoms in total. The van der Waals surface area contributed by atoms with Crippen LogP contribution in [0.2, 0.25) is 5.02 Å². The third-order valence-electron chi connectivity index (χ3n) is 3.91. The largest absolute Gasteiger partial charge is 0.495 e. The van der Waals surface area contributed by atoms with E-state index in [1.807, 2.05) is 0 Å². The van der Waals surface area contributed by atoms with Gasteiger partial charge in [0.2, 0.25) is 16.8 Å². The quantitative estimate of drug-likeness (QED) is 0.742. The molecule has 2 aromatic carbocycles. The molecule has 2 N–H and O–H groups in total. The molecule has 0 saturated carbocycles. The van der Waals surface area contributed by atoms with Gasteiger partial charge in [0.25, 0.3) is 0 Å². The summed E-state index contributed by atoms with van der Waals surface area (Å²) in [6.07, 6.45) is -0.671. The summed E-state index contributed by atoms with van der Waals surface area (Å²) in [5, 5.41) is 10.6. The molecule has 0 aromatic heterocycles. The van der Waals surface area contributed by atoms with Crippen molar-refractivity contribution in [3.63, 3.8) is 0 Å². The second-order valence-electron chi connectivity index (χ2n) is 5.61. The van der Waals surface area contributed by atoms with E-state index in [0.29, 0.717) is 17.1 Å². The number of methoxy groups -OCH3 is 1. The minimum atomic E-state index is -3.83. The van der Waals surface area contributed by atoms with E-state index in [0.717, 1.165) is 0 Å².